The lowest BCUT2D eigenvalue weighted by Crippen LogP contribution is -2.61. The molecule has 1 amide bonds. The highest BCUT2D eigenvalue weighted by atomic mass is 16.7. The molecular weight excluding hydrogens is 236 g/mol. The Labute approximate surface area is 105 Å². The minimum atomic E-state index is -0.321. The number of hydrogen-bond donors (Lipinski definition) is 1. The van der Waals surface area contributed by atoms with E-state index in [0.29, 0.717) is 18.7 Å². The zero-order chi connectivity index (χ0) is 12.8. The number of amides is 1. The van der Waals surface area contributed by atoms with Crippen LogP contribution in [0.4, 0.5) is 0 Å². The van der Waals surface area contributed by atoms with E-state index < -0.39 is 0 Å². The van der Waals surface area contributed by atoms with Crippen molar-refractivity contribution in [2.24, 2.45) is 0 Å². The first-order valence-corrected chi connectivity index (χ1v) is 5.97. The van der Waals surface area contributed by atoms with Gasteiger partial charge in [0.05, 0.1) is 13.0 Å². The van der Waals surface area contributed by atoms with E-state index in [2.05, 4.69) is 4.90 Å². The number of carbonyl (C=O) groups excluding carboxylic acids is 1. The van der Waals surface area contributed by atoms with Gasteiger partial charge in [-0.25, -0.2) is 5.06 Å². The van der Waals surface area contributed by atoms with Crippen LogP contribution in [0.15, 0.2) is 16.5 Å². The third-order valence-corrected chi connectivity index (χ3v) is 3.43. The van der Waals surface area contributed by atoms with E-state index in [1.54, 1.807) is 13.1 Å². The second kappa shape index (κ2) is 4.08. The molecule has 1 N–H and O–H groups in total. The summed E-state index contributed by atoms with van der Waals surface area (Å²) in [5.74, 6) is 1.44. The van der Waals surface area contributed by atoms with Crippen molar-refractivity contribution in [3.05, 3.63) is 23.7 Å². The van der Waals surface area contributed by atoms with E-state index in [1.165, 1.54) is 5.06 Å². The number of furan rings is 1. The molecule has 98 valence electrons. The zero-order valence-electron chi connectivity index (χ0n) is 10.3. The van der Waals surface area contributed by atoms with Gasteiger partial charge < -0.3 is 9.52 Å². The van der Waals surface area contributed by atoms with Crippen LogP contribution in [-0.2, 0) is 22.8 Å². The van der Waals surface area contributed by atoms with Crippen LogP contribution in [0.1, 0.15) is 17.9 Å². The van der Waals surface area contributed by atoms with Crippen molar-refractivity contribution >= 4 is 5.91 Å². The first-order valence-electron chi connectivity index (χ1n) is 5.97. The summed E-state index contributed by atoms with van der Waals surface area (Å²) in [6.07, 6.45) is 0.458. The first-order chi connectivity index (χ1) is 8.60. The molecule has 1 aromatic rings. The summed E-state index contributed by atoms with van der Waals surface area (Å²) in [5.41, 5.74) is -0.321. The summed E-state index contributed by atoms with van der Waals surface area (Å²) in [6, 6.07) is 3.64. The molecule has 0 aromatic carbocycles. The minimum Gasteiger partial charge on any atom is -0.462 e. The number of carbonyl (C=O) groups is 1. The fourth-order valence-corrected chi connectivity index (χ4v) is 2.62. The van der Waals surface area contributed by atoms with Gasteiger partial charge in [0.2, 0.25) is 5.91 Å². The van der Waals surface area contributed by atoms with Crippen LogP contribution >= 0.6 is 0 Å². The second-order valence-corrected chi connectivity index (χ2v) is 5.01. The molecule has 0 aliphatic carbocycles. The topological polar surface area (TPSA) is 66.2 Å². The smallest absolute Gasteiger partial charge is 0.248 e. The molecule has 6 heteroatoms. The monoisotopic (exact) mass is 252 g/mol. The predicted octanol–water partition coefficient (Wildman–Crippen LogP) is 0.120. The largest absolute Gasteiger partial charge is 0.462 e. The quantitative estimate of drug-likeness (QED) is 0.827. The molecule has 0 atom stereocenters. The maximum absolute atomic E-state index is 11.4. The average Bonchev–Trinajstić information content (AvgIpc) is 2.84. The van der Waals surface area contributed by atoms with E-state index in [-0.39, 0.29) is 18.1 Å². The van der Waals surface area contributed by atoms with Gasteiger partial charge in [0, 0.05) is 20.1 Å². The van der Waals surface area contributed by atoms with Crippen LogP contribution in [-0.4, -0.2) is 46.7 Å². The van der Waals surface area contributed by atoms with E-state index >= 15 is 0 Å². The van der Waals surface area contributed by atoms with Crippen molar-refractivity contribution in [2.75, 3.05) is 20.1 Å². The van der Waals surface area contributed by atoms with Crippen LogP contribution < -0.4 is 0 Å². The highest BCUT2D eigenvalue weighted by molar-refractivity contribution is 5.78. The molecule has 3 rings (SSSR count). The van der Waals surface area contributed by atoms with E-state index in [0.717, 1.165) is 18.8 Å². The van der Waals surface area contributed by atoms with Crippen molar-refractivity contribution in [2.45, 2.75) is 25.2 Å². The molecule has 2 aliphatic rings. The van der Waals surface area contributed by atoms with E-state index in [1.807, 2.05) is 6.07 Å². The number of likely N-dealkylation sites (tertiary alicyclic amines) is 1. The Morgan fingerprint density at radius 1 is 1.39 bits per heavy atom. The molecule has 2 aliphatic heterocycles. The average molecular weight is 252 g/mol. The molecule has 3 heterocycles. The van der Waals surface area contributed by atoms with Crippen molar-refractivity contribution < 1.29 is 19.2 Å². The van der Waals surface area contributed by atoms with Crippen LogP contribution in [0.5, 0.6) is 0 Å². The third kappa shape index (κ3) is 1.92. The number of hydroxylamine groups is 2. The van der Waals surface area contributed by atoms with E-state index in [9.17, 15) is 4.79 Å². The van der Waals surface area contributed by atoms with Gasteiger partial charge in [-0.3, -0.25) is 14.5 Å². The van der Waals surface area contributed by atoms with Crippen LogP contribution in [0.3, 0.4) is 0 Å². The summed E-state index contributed by atoms with van der Waals surface area (Å²) in [7, 11) is 1.65. The van der Waals surface area contributed by atoms with Gasteiger partial charge in [-0.05, 0) is 12.1 Å². The summed E-state index contributed by atoms with van der Waals surface area (Å²) in [4.78, 5) is 19.1. The molecule has 6 nitrogen and oxygen atoms in total. The molecule has 1 aromatic heterocycles. The van der Waals surface area contributed by atoms with Crippen molar-refractivity contribution in [3.8, 4) is 0 Å². The molecule has 2 saturated heterocycles. The van der Waals surface area contributed by atoms with Crippen LogP contribution in [0.25, 0.3) is 0 Å². The van der Waals surface area contributed by atoms with Gasteiger partial charge in [-0.15, -0.1) is 0 Å². The zero-order valence-corrected chi connectivity index (χ0v) is 10.3. The molecule has 0 unspecified atom stereocenters. The van der Waals surface area contributed by atoms with Gasteiger partial charge in [-0.1, -0.05) is 0 Å². The maximum Gasteiger partial charge on any atom is 0.248 e. The Hall–Kier alpha value is -1.37. The number of nitrogens with zero attached hydrogens (tertiary/aromatic N) is 2. The SMILES string of the molecule is CN1OC2(CC1=O)CN(Cc1ccc(CO)o1)C2. The Balaban J connectivity index is 1.55. The molecule has 18 heavy (non-hydrogen) atoms. The Bertz CT molecular complexity index is 464. The minimum absolute atomic E-state index is 0.0372. The van der Waals surface area contributed by atoms with Gasteiger partial charge in [0.15, 0.2) is 0 Å². The lowest BCUT2D eigenvalue weighted by molar-refractivity contribution is -0.228. The standard InChI is InChI=1S/C12H16N2O4/c1-13-11(16)4-12(18-13)7-14(8-12)5-9-2-3-10(6-15)17-9/h2-3,15H,4-8H2,1H3. The number of aliphatic hydroxyl groups is 1. The van der Waals surface area contributed by atoms with Crippen LogP contribution in [0, 0.1) is 0 Å². The van der Waals surface area contributed by atoms with Crippen LogP contribution in [0.2, 0.25) is 0 Å². The van der Waals surface area contributed by atoms with Crippen molar-refractivity contribution in [3.63, 3.8) is 0 Å². The summed E-state index contributed by atoms with van der Waals surface area (Å²) in [6.45, 7) is 2.08. The Morgan fingerprint density at radius 2 is 2.11 bits per heavy atom. The van der Waals surface area contributed by atoms with Crippen molar-refractivity contribution in [1.82, 2.24) is 9.96 Å². The van der Waals surface area contributed by atoms with Gasteiger partial charge in [-0.2, -0.15) is 0 Å². The molecule has 0 radical (unpaired) electrons. The molecule has 1 spiro atoms. The lowest BCUT2D eigenvalue weighted by Gasteiger charge is -2.45. The first kappa shape index (κ1) is 11.7. The fraction of sp³-hybridized carbons (Fsp3) is 0.583. The summed E-state index contributed by atoms with van der Waals surface area (Å²) in [5, 5.41) is 10.2. The maximum atomic E-state index is 11.4. The molecule has 2 fully saturated rings. The summed E-state index contributed by atoms with van der Waals surface area (Å²) >= 11 is 0. The molecule has 0 saturated carbocycles. The Morgan fingerprint density at radius 3 is 2.67 bits per heavy atom. The number of rotatable bonds is 3. The highest BCUT2D eigenvalue weighted by Crippen LogP contribution is 2.35. The van der Waals surface area contributed by atoms with Gasteiger partial charge >= 0.3 is 0 Å². The highest BCUT2D eigenvalue weighted by Gasteiger charge is 2.52. The third-order valence-electron chi connectivity index (χ3n) is 3.43. The predicted molar refractivity (Wildman–Crippen MR) is 61.1 cm³/mol. The molecular formula is C12H16N2O4. The van der Waals surface area contributed by atoms with Crippen molar-refractivity contribution in [1.29, 1.82) is 0 Å². The Kier molecular flexibility index (Phi) is 2.65. The normalized spacial score (nSPS) is 22.8. The van der Waals surface area contributed by atoms with Gasteiger partial charge in [0.25, 0.3) is 0 Å². The fourth-order valence-electron chi connectivity index (χ4n) is 2.62. The lowest BCUT2D eigenvalue weighted by atomic mass is 9.91. The van der Waals surface area contributed by atoms with Gasteiger partial charge in [0.1, 0.15) is 23.7 Å². The number of hydrogen-bond acceptors (Lipinski definition) is 5. The number of aliphatic hydroxyl groups excluding tert-OH is 1. The van der Waals surface area contributed by atoms with E-state index in [4.69, 9.17) is 14.4 Å². The molecule has 0 bridgehead atoms. The second-order valence-electron chi connectivity index (χ2n) is 5.01. The summed E-state index contributed by atoms with van der Waals surface area (Å²) < 4.78 is 5.42.